The molecule has 0 aliphatic carbocycles. The Morgan fingerprint density at radius 2 is 1.96 bits per heavy atom. The Bertz CT molecular complexity index is 788. The van der Waals surface area contributed by atoms with E-state index in [-0.39, 0.29) is 24.0 Å². The Morgan fingerprint density at radius 1 is 1.12 bits per heavy atom. The van der Waals surface area contributed by atoms with Gasteiger partial charge in [-0.25, -0.2) is 0 Å². The number of benzene rings is 1. The number of hydrogen-bond acceptors (Lipinski definition) is 6. The molecule has 1 saturated heterocycles. The van der Waals surface area contributed by atoms with E-state index in [1.54, 1.807) is 12.1 Å². The number of nitrogens with zero attached hydrogens (tertiary/aromatic N) is 1. The molecule has 0 aromatic heterocycles. The summed E-state index contributed by atoms with van der Waals surface area (Å²) in [4.78, 5) is 49.8. The van der Waals surface area contributed by atoms with Gasteiger partial charge in [0.1, 0.15) is 18.4 Å². The van der Waals surface area contributed by atoms with Gasteiger partial charge in [0.05, 0.1) is 11.1 Å². The summed E-state index contributed by atoms with van der Waals surface area (Å²) in [5.41, 5.74) is 1.26. The van der Waals surface area contributed by atoms with E-state index in [9.17, 15) is 19.2 Å². The van der Waals surface area contributed by atoms with Crippen LogP contribution in [0.15, 0.2) is 12.1 Å². The van der Waals surface area contributed by atoms with Crippen LogP contribution in [-0.2, 0) is 16.1 Å². The van der Waals surface area contributed by atoms with E-state index in [1.807, 2.05) is 0 Å². The van der Waals surface area contributed by atoms with Crippen molar-refractivity contribution in [2.24, 2.45) is 0 Å². The lowest BCUT2D eigenvalue weighted by Gasteiger charge is -2.27. The normalized spacial score (nSPS) is 23.3. The van der Waals surface area contributed by atoms with E-state index < -0.39 is 29.7 Å². The molecule has 1 aromatic rings. The summed E-state index contributed by atoms with van der Waals surface area (Å²) < 4.78 is 5.67. The zero-order valence-electron chi connectivity index (χ0n) is 12.8. The van der Waals surface area contributed by atoms with Crippen molar-refractivity contribution in [3.8, 4) is 5.75 Å². The zero-order chi connectivity index (χ0) is 16.8. The lowest BCUT2D eigenvalue weighted by molar-refractivity contribution is -0.136. The van der Waals surface area contributed by atoms with Gasteiger partial charge in [-0.1, -0.05) is 6.07 Å². The van der Waals surface area contributed by atoms with Crippen molar-refractivity contribution >= 4 is 23.6 Å². The molecule has 4 rings (SSSR count). The average molecular weight is 329 g/mol. The van der Waals surface area contributed by atoms with Crippen LogP contribution in [0.3, 0.4) is 0 Å². The van der Waals surface area contributed by atoms with E-state index in [1.165, 1.54) is 0 Å². The van der Waals surface area contributed by atoms with Crippen LogP contribution in [0.4, 0.5) is 0 Å². The number of nitrogens with one attached hydrogen (secondary N) is 2. The van der Waals surface area contributed by atoms with Gasteiger partial charge in [0.2, 0.25) is 11.8 Å². The first kappa shape index (κ1) is 14.8. The molecule has 0 radical (unpaired) electrons. The molecular weight excluding hydrogens is 314 g/mol. The maximum atomic E-state index is 12.9. The molecule has 3 aliphatic heterocycles. The molecule has 4 amide bonds. The number of fused-ring (bicyclic) bond motifs is 3. The summed E-state index contributed by atoms with van der Waals surface area (Å²) >= 11 is 0. The highest BCUT2D eigenvalue weighted by Crippen LogP contribution is 2.36. The summed E-state index contributed by atoms with van der Waals surface area (Å²) in [7, 11) is 0. The monoisotopic (exact) mass is 329 g/mol. The minimum Gasteiger partial charge on any atom is -0.491 e. The number of amides is 4. The summed E-state index contributed by atoms with van der Waals surface area (Å²) in [6, 6.07) is 2.39. The molecule has 1 fully saturated rings. The number of carbonyl (C=O) groups excluding carboxylic acids is 4. The molecule has 3 heterocycles. The van der Waals surface area contributed by atoms with E-state index in [2.05, 4.69) is 10.6 Å². The van der Waals surface area contributed by atoms with Crippen molar-refractivity contribution in [1.29, 1.82) is 0 Å². The number of hydrogen-bond donors (Lipinski definition) is 2. The van der Waals surface area contributed by atoms with Crippen LogP contribution in [-0.4, -0.2) is 47.7 Å². The van der Waals surface area contributed by atoms with Crippen molar-refractivity contribution < 1.29 is 23.9 Å². The fourth-order valence-electron chi connectivity index (χ4n) is 3.32. The van der Waals surface area contributed by atoms with Crippen molar-refractivity contribution in [2.75, 3.05) is 13.2 Å². The SMILES string of the molecule is O=C1CCC(N2C(=O)c3ccc4c(c3C2=O)OCCNC4)C(=O)N1. The van der Waals surface area contributed by atoms with Gasteiger partial charge >= 0.3 is 0 Å². The quantitative estimate of drug-likeness (QED) is 0.678. The highest BCUT2D eigenvalue weighted by Gasteiger charge is 2.46. The third-order valence-electron chi connectivity index (χ3n) is 4.48. The van der Waals surface area contributed by atoms with Gasteiger partial charge in [-0.2, -0.15) is 0 Å². The maximum Gasteiger partial charge on any atom is 0.266 e. The highest BCUT2D eigenvalue weighted by molar-refractivity contribution is 6.24. The molecule has 0 saturated carbocycles. The summed E-state index contributed by atoms with van der Waals surface area (Å²) in [6.45, 7) is 1.58. The van der Waals surface area contributed by atoms with E-state index in [0.29, 0.717) is 25.4 Å². The Hall–Kier alpha value is -2.74. The Morgan fingerprint density at radius 3 is 2.75 bits per heavy atom. The van der Waals surface area contributed by atoms with Crippen LogP contribution in [0.25, 0.3) is 0 Å². The predicted molar refractivity (Wildman–Crippen MR) is 80.3 cm³/mol. The van der Waals surface area contributed by atoms with Gasteiger partial charge < -0.3 is 10.1 Å². The largest absolute Gasteiger partial charge is 0.491 e. The first-order valence-electron chi connectivity index (χ1n) is 7.79. The molecular formula is C16H15N3O5. The van der Waals surface area contributed by atoms with Gasteiger partial charge in [0, 0.05) is 25.1 Å². The standard InChI is InChI=1S/C16H15N3O5/c20-11-4-3-10(14(21)18-11)19-15(22)9-2-1-8-7-17-5-6-24-13(8)12(9)16(19)23/h1-2,10,17H,3-7H2,(H,18,20,21). The number of imide groups is 2. The Balaban J connectivity index is 1.75. The van der Waals surface area contributed by atoms with Crippen LogP contribution in [0.2, 0.25) is 0 Å². The third-order valence-corrected chi connectivity index (χ3v) is 4.48. The van der Waals surface area contributed by atoms with Crippen molar-refractivity contribution in [2.45, 2.75) is 25.4 Å². The fraction of sp³-hybridized carbons (Fsp3) is 0.375. The first-order valence-corrected chi connectivity index (χ1v) is 7.79. The molecule has 8 nitrogen and oxygen atoms in total. The third kappa shape index (κ3) is 2.10. The molecule has 1 atom stereocenters. The van der Waals surface area contributed by atoms with Crippen LogP contribution in [0, 0.1) is 0 Å². The van der Waals surface area contributed by atoms with Gasteiger partial charge in [0.25, 0.3) is 11.8 Å². The second-order valence-corrected chi connectivity index (χ2v) is 5.95. The lowest BCUT2D eigenvalue weighted by atomic mass is 10.0. The average Bonchev–Trinajstić information content (AvgIpc) is 2.72. The van der Waals surface area contributed by atoms with Gasteiger partial charge in [-0.05, 0) is 12.5 Å². The van der Waals surface area contributed by atoms with Gasteiger partial charge in [0.15, 0.2) is 0 Å². The van der Waals surface area contributed by atoms with Crippen molar-refractivity contribution in [3.05, 3.63) is 28.8 Å². The molecule has 3 aliphatic rings. The Kier molecular flexibility index (Phi) is 3.34. The second kappa shape index (κ2) is 5.41. The molecule has 124 valence electrons. The lowest BCUT2D eigenvalue weighted by Crippen LogP contribution is -2.54. The van der Waals surface area contributed by atoms with Crippen molar-refractivity contribution in [3.63, 3.8) is 0 Å². The highest BCUT2D eigenvalue weighted by atomic mass is 16.5. The summed E-state index contributed by atoms with van der Waals surface area (Å²) in [6.07, 6.45) is 0.239. The van der Waals surface area contributed by atoms with Crippen LogP contribution in [0.5, 0.6) is 5.75 Å². The fourth-order valence-corrected chi connectivity index (χ4v) is 3.32. The zero-order valence-corrected chi connectivity index (χ0v) is 12.8. The van der Waals surface area contributed by atoms with Crippen LogP contribution in [0.1, 0.15) is 39.1 Å². The number of piperidine rings is 1. The number of ether oxygens (including phenoxy) is 1. The smallest absolute Gasteiger partial charge is 0.266 e. The molecule has 1 aromatic carbocycles. The number of carbonyl (C=O) groups is 4. The van der Waals surface area contributed by atoms with E-state index in [0.717, 1.165) is 10.5 Å². The minimum atomic E-state index is -0.963. The van der Waals surface area contributed by atoms with Crippen molar-refractivity contribution in [1.82, 2.24) is 15.5 Å². The maximum absolute atomic E-state index is 12.9. The molecule has 0 spiro atoms. The molecule has 2 N–H and O–H groups in total. The van der Waals surface area contributed by atoms with Crippen LogP contribution < -0.4 is 15.4 Å². The first-order chi connectivity index (χ1) is 11.6. The van der Waals surface area contributed by atoms with E-state index >= 15 is 0 Å². The topological polar surface area (TPSA) is 105 Å². The predicted octanol–water partition coefficient (Wildman–Crippen LogP) is -0.430. The van der Waals surface area contributed by atoms with Gasteiger partial charge in [-0.15, -0.1) is 0 Å². The Labute approximate surface area is 137 Å². The van der Waals surface area contributed by atoms with Crippen LogP contribution >= 0.6 is 0 Å². The molecule has 1 unspecified atom stereocenters. The second-order valence-electron chi connectivity index (χ2n) is 5.95. The molecule has 24 heavy (non-hydrogen) atoms. The summed E-state index contributed by atoms with van der Waals surface area (Å²) in [5.74, 6) is -1.66. The number of rotatable bonds is 1. The minimum absolute atomic E-state index is 0.0995. The molecule has 0 bridgehead atoms. The molecule has 8 heteroatoms. The summed E-state index contributed by atoms with van der Waals surface area (Å²) in [5, 5.41) is 5.35. The van der Waals surface area contributed by atoms with Gasteiger partial charge in [-0.3, -0.25) is 29.4 Å². The van der Waals surface area contributed by atoms with E-state index in [4.69, 9.17) is 4.74 Å².